The van der Waals surface area contributed by atoms with E-state index in [-0.39, 0.29) is 29.4 Å². The summed E-state index contributed by atoms with van der Waals surface area (Å²) in [6, 6.07) is 6.44. The number of hydrogen-bond donors (Lipinski definition) is 0. The molecule has 42 heavy (non-hydrogen) atoms. The van der Waals surface area contributed by atoms with Gasteiger partial charge in [0.1, 0.15) is 30.9 Å². The van der Waals surface area contributed by atoms with Gasteiger partial charge in [-0.15, -0.1) is 5.54 Å². The van der Waals surface area contributed by atoms with Crippen LogP contribution in [0.2, 0.25) is 16.6 Å². The van der Waals surface area contributed by atoms with Crippen molar-refractivity contribution >= 4 is 41.5 Å². The molecule has 0 aliphatic heterocycles. The van der Waals surface area contributed by atoms with E-state index in [4.69, 9.17) is 14.2 Å². The minimum Gasteiger partial charge on any atom is -0.480 e. The summed E-state index contributed by atoms with van der Waals surface area (Å²) in [5.41, 5.74) is 5.21. The molecular weight excluding hydrogens is 573 g/mol. The molecule has 0 N–H and O–H groups in total. The lowest BCUT2D eigenvalue weighted by Crippen LogP contribution is -2.43. The Labute approximate surface area is 251 Å². The zero-order valence-corrected chi connectivity index (χ0v) is 27.4. The Balaban J connectivity index is 2.14. The van der Waals surface area contributed by atoms with Gasteiger partial charge in [0.25, 0.3) is 0 Å². The van der Waals surface area contributed by atoms with Crippen molar-refractivity contribution in [2.45, 2.75) is 63.3 Å². The lowest BCUT2D eigenvalue weighted by molar-refractivity contribution is 0.0512. The van der Waals surface area contributed by atoms with Crippen molar-refractivity contribution in [3.63, 3.8) is 0 Å². The Hall–Kier alpha value is -3.26. The number of halogens is 2. The Morgan fingerprint density at radius 2 is 1.67 bits per heavy atom. The smallest absolute Gasteiger partial charge is 0.225 e. The van der Waals surface area contributed by atoms with Crippen molar-refractivity contribution in [3.8, 4) is 34.4 Å². The summed E-state index contributed by atoms with van der Waals surface area (Å²) < 4.78 is 48.6. The van der Waals surface area contributed by atoms with E-state index in [9.17, 15) is 0 Å². The minimum absolute atomic E-state index is 0.0225. The second-order valence-electron chi connectivity index (χ2n) is 11.1. The third-order valence-corrected chi connectivity index (χ3v) is 14.8. The highest BCUT2D eigenvalue weighted by Gasteiger charge is 2.41. The van der Waals surface area contributed by atoms with Gasteiger partial charge in [0, 0.05) is 24.3 Å². The maximum absolute atomic E-state index is 16.4. The summed E-state index contributed by atoms with van der Waals surface area (Å²) in [5, 5.41) is 1.80. The van der Waals surface area contributed by atoms with Crippen LogP contribution in [0.4, 0.5) is 8.78 Å². The van der Waals surface area contributed by atoms with Gasteiger partial charge in [-0.25, -0.2) is 23.7 Å². The summed E-state index contributed by atoms with van der Waals surface area (Å²) in [6.45, 7) is 13.2. The molecule has 0 bridgehead atoms. The first kappa shape index (κ1) is 31.7. The molecule has 222 valence electrons. The van der Waals surface area contributed by atoms with Gasteiger partial charge < -0.3 is 14.2 Å². The third kappa shape index (κ3) is 5.70. The third-order valence-electron chi connectivity index (χ3n) is 7.91. The van der Waals surface area contributed by atoms with Gasteiger partial charge in [-0.2, -0.15) is 0 Å². The van der Waals surface area contributed by atoms with Crippen LogP contribution in [0.25, 0.3) is 32.9 Å². The molecule has 0 unspecified atom stereocenters. The molecule has 10 heteroatoms. The fourth-order valence-corrected chi connectivity index (χ4v) is 11.5. The number of pyridine rings is 1. The molecule has 0 aliphatic carbocycles. The zero-order valence-electron chi connectivity index (χ0n) is 25.6. The molecule has 0 aliphatic rings. The second-order valence-corrected chi connectivity index (χ2v) is 17.4. The molecule has 6 nitrogen and oxygen atoms in total. The van der Waals surface area contributed by atoms with E-state index < -0.39 is 19.7 Å². The van der Waals surface area contributed by atoms with Crippen molar-refractivity contribution in [1.29, 1.82) is 0 Å². The second kappa shape index (κ2) is 12.9. The monoisotopic (exact) mass is 609 g/mol. The van der Waals surface area contributed by atoms with Crippen molar-refractivity contribution in [1.82, 2.24) is 15.0 Å². The van der Waals surface area contributed by atoms with Crippen molar-refractivity contribution in [3.05, 3.63) is 47.7 Å². The van der Waals surface area contributed by atoms with Crippen molar-refractivity contribution in [2.75, 3.05) is 27.3 Å². The molecule has 2 aromatic heterocycles. The van der Waals surface area contributed by atoms with E-state index in [0.717, 1.165) is 0 Å². The van der Waals surface area contributed by atoms with Crippen LogP contribution in [-0.2, 0) is 4.74 Å². The van der Waals surface area contributed by atoms with Gasteiger partial charge >= 0.3 is 0 Å². The van der Waals surface area contributed by atoms with E-state index in [0.29, 0.717) is 49.3 Å². The molecule has 0 fully saturated rings. The number of benzene rings is 2. The molecule has 0 saturated carbocycles. The van der Waals surface area contributed by atoms with E-state index >= 15 is 8.78 Å². The SMILES string of the molecule is COCOc1cc(-c2nc(OC)c3cnc(SC)nc3c2F)c2c(C#C[Si](C(C)C)(C(C)C)C(C)C)c(F)ccc2c1. The minimum atomic E-state index is -2.22. The Morgan fingerprint density at radius 1 is 0.976 bits per heavy atom. The van der Waals surface area contributed by atoms with Crippen LogP contribution in [-0.4, -0.2) is 50.3 Å². The molecule has 2 heterocycles. The quantitative estimate of drug-likeness (QED) is 0.0621. The highest BCUT2D eigenvalue weighted by atomic mass is 32.2. The van der Waals surface area contributed by atoms with Crippen LogP contribution < -0.4 is 9.47 Å². The predicted octanol–water partition coefficient (Wildman–Crippen LogP) is 8.41. The summed E-state index contributed by atoms with van der Waals surface area (Å²) >= 11 is 1.29. The van der Waals surface area contributed by atoms with E-state index in [1.54, 1.807) is 18.2 Å². The van der Waals surface area contributed by atoms with Crippen molar-refractivity contribution in [2.24, 2.45) is 0 Å². The predicted molar refractivity (Wildman–Crippen MR) is 169 cm³/mol. The molecule has 2 aromatic carbocycles. The van der Waals surface area contributed by atoms with E-state index in [1.165, 1.54) is 38.2 Å². The fourth-order valence-electron chi connectivity index (χ4n) is 5.98. The van der Waals surface area contributed by atoms with Gasteiger partial charge in [0.05, 0.1) is 18.1 Å². The Kier molecular flexibility index (Phi) is 9.76. The molecule has 0 saturated heterocycles. The molecule has 0 atom stereocenters. The maximum atomic E-state index is 16.4. The van der Waals surface area contributed by atoms with E-state index in [1.807, 2.05) is 6.26 Å². The molecule has 0 radical (unpaired) electrons. The number of ether oxygens (including phenoxy) is 3. The largest absolute Gasteiger partial charge is 0.480 e. The van der Waals surface area contributed by atoms with Crippen LogP contribution in [0.5, 0.6) is 11.6 Å². The maximum Gasteiger partial charge on any atom is 0.225 e. The number of fused-ring (bicyclic) bond motifs is 2. The summed E-state index contributed by atoms with van der Waals surface area (Å²) in [6.07, 6.45) is 3.30. The van der Waals surface area contributed by atoms with Gasteiger partial charge in [-0.3, -0.25) is 0 Å². The number of nitrogens with zero attached hydrogens (tertiary/aromatic N) is 3. The number of hydrogen-bond acceptors (Lipinski definition) is 7. The first-order valence-electron chi connectivity index (χ1n) is 13.9. The Bertz CT molecular complexity index is 1660. The van der Waals surface area contributed by atoms with Crippen LogP contribution >= 0.6 is 11.8 Å². The summed E-state index contributed by atoms with van der Waals surface area (Å²) in [4.78, 5) is 13.2. The number of thioether (sulfide) groups is 1. The zero-order chi connectivity index (χ0) is 30.8. The standard InChI is InChI=1S/C32H37F2N3O3SSi/c1-18(2)42(19(3)4,20(5)6)13-12-23-26(33)11-10-21-14-22(40-17-38-7)15-24(27(21)23)29-28(34)30-25(31(36-29)39-8)16-35-32(37-30)41-9/h10-11,14-16,18-20H,17H2,1-9H3. The first-order valence-corrected chi connectivity index (χ1v) is 17.3. The molecular formula is C32H37F2N3O3SSi. The average molecular weight is 610 g/mol. The highest BCUT2D eigenvalue weighted by molar-refractivity contribution is 7.98. The fraction of sp³-hybridized carbons (Fsp3) is 0.406. The van der Waals surface area contributed by atoms with Crippen LogP contribution in [0, 0.1) is 23.1 Å². The Morgan fingerprint density at radius 3 is 2.26 bits per heavy atom. The first-order chi connectivity index (χ1) is 20.0. The van der Waals surface area contributed by atoms with Gasteiger partial charge in [0.2, 0.25) is 5.88 Å². The van der Waals surface area contributed by atoms with E-state index in [2.05, 4.69) is 68.0 Å². The highest BCUT2D eigenvalue weighted by Crippen LogP contribution is 2.42. The van der Waals surface area contributed by atoms with Gasteiger partial charge in [-0.05, 0) is 46.5 Å². The number of aromatic nitrogens is 3. The lowest BCUT2D eigenvalue weighted by atomic mass is 9.95. The van der Waals surface area contributed by atoms with Crippen molar-refractivity contribution < 1.29 is 23.0 Å². The van der Waals surface area contributed by atoms with Gasteiger partial charge in [-0.1, -0.05) is 65.3 Å². The lowest BCUT2D eigenvalue weighted by Gasteiger charge is -2.38. The molecule has 4 rings (SSSR count). The van der Waals surface area contributed by atoms with Gasteiger partial charge in [0.15, 0.2) is 17.8 Å². The van der Waals surface area contributed by atoms with Crippen LogP contribution in [0.15, 0.2) is 35.6 Å². The molecule has 0 amide bonds. The normalized spacial score (nSPS) is 12.0. The summed E-state index contributed by atoms with van der Waals surface area (Å²) in [5.74, 6) is 2.68. The van der Waals surface area contributed by atoms with Crippen LogP contribution in [0.1, 0.15) is 47.1 Å². The summed E-state index contributed by atoms with van der Waals surface area (Å²) in [7, 11) is 0.747. The molecule has 4 aromatic rings. The number of methoxy groups -OCH3 is 2. The average Bonchev–Trinajstić information content (AvgIpc) is 2.96. The number of rotatable bonds is 9. The van der Waals surface area contributed by atoms with Crippen LogP contribution in [0.3, 0.4) is 0 Å². The topological polar surface area (TPSA) is 66.4 Å². The molecule has 0 spiro atoms.